The van der Waals surface area contributed by atoms with Gasteiger partial charge >= 0.3 is 0 Å². The lowest BCUT2D eigenvalue weighted by Crippen LogP contribution is -2.35. The Balaban J connectivity index is 1.23. The van der Waals surface area contributed by atoms with Crippen molar-refractivity contribution in [3.05, 3.63) is 101 Å². The van der Waals surface area contributed by atoms with E-state index in [4.69, 9.17) is 14.9 Å². The summed E-state index contributed by atoms with van der Waals surface area (Å²) in [4.78, 5) is 16.8. The van der Waals surface area contributed by atoms with Crippen LogP contribution in [0.5, 0.6) is 11.5 Å². The molecule has 0 spiro atoms. The van der Waals surface area contributed by atoms with Crippen molar-refractivity contribution in [3.8, 4) is 11.5 Å². The summed E-state index contributed by atoms with van der Waals surface area (Å²) in [5.74, 6) is 1.10. The maximum Gasteiger partial charge on any atom is 0.283 e. The predicted octanol–water partition coefficient (Wildman–Crippen LogP) is 5.12. The highest BCUT2D eigenvalue weighted by atomic mass is 32.2. The molecule has 3 aromatic carbocycles. The van der Waals surface area contributed by atoms with Gasteiger partial charge in [0.1, 0.15) is 29.8 Å². The minimum atomic E-state index is -0.452. The molecule has 0 aliphatic carbocycles. The molecule has 1 amide bonds. The Morgan fingerprint density at radius 3 is 2.43 bits per heavy atom. The zero-order chi connectivity index (χ0) is 24.2. The summed E-state index contributed by atoms with van der Waals surface area (Å²) in [5, 5.41) is 15.6. The second-order valence-corrected chi connectivity index (χ2v) is 8.78. The monoisotopic (exact) mass is 482 g/mol. The van der Waals surface area contributed by atoms with E-state index in [9.17, 15) is 4.79 Å². The number of rotatable bonds is 7. The van der Waals surface area contributed by atoms with Gasteiger partial charge in [-0.05, 0) is 54.1 Å². The summed E-state index contributed by atoms with van der Waals surface area (Å²) in [6.07, 6.45) is 1.65. The Morgan fingerprint density at radius 2 is 1.66 bits per heavy atom. The molecule has 2 aliphatic rings. The number of hydrogen-bond donors (Lipinski definition) is 1. The van der Waals surface area contributed by atoms with Crippen LogP contribution in [0.3, 0.4) is 0 Å². The second-order valence-electron chi connectivity index (χ2n) is 7.82. The number of ether oxygens (including phenoxy) is 2. The van der Waals surface area contributed by atoms with Crippen LogP contribution in [0.2, 0.25) is 0 Å². The number of hydrazone groups is 1. The minimum Gasteiger partial charge on any atom is -0.490 e. The zero-order valence-corrected chi connectivity index (χ0v) is 19.8. The number of aliphatic imine (C=N–C) groups is 1. The molecule has 0 saturated carbocycles. The quantitative estimate of drug-likeness (QED) is 0.373. The van der Waals surface area contributed by atoms with Gasteiger partial charge in [0.2, 0.25) is 5.17 Å². The third kappa shape index (κ3) is 5.02. The normalized spacial score (nSPS) is 16.1. The Labute approximate surface area is 207 Å². The lowest BCUT2D eigenvalue weighted by molar-refractivity contribution is -0.114. The molecule has 35 heavy (non-hydrogen) atoms. The molecule has 0 radical (unpaired) electrons. The molecule has 1 N–H and O–H groups in total. The van der Waals surface area contributed by atoms with E-state index in [1.165, 1.54) is 16.8 Å². The van der Waals surface area contributed by atoms with Crippen molar-refractivity contribution in [1.82, 2.24) is 5.01 Å². The number of fused-ring (bicyclic) bond motifs is 1. The van der Waals surface area contributed by atoms with Crippen molar-refractivity contribution in [2.75, 3.05) is 13.2 Å². The average Bonchev–Trinajstić information content (AvgIpc) is 3.31. The van der Waals surface area contributed by atoms with Gasteiger partial charge in [0.05, 0.1) is 5.57 Å². The first-order valence-electron chi connectivity index (χ1n) is 11.1. The summed E-state index contributed by atoms with van der Waals surface area (Å²) in [7, 11) is 0. The summed E-state index contributed by atoms with van der Waals surface area (Å²) in [6.45, 7) is 2.84. The van der Waals surface area contributed by atoms with Gasteiger partial charge in [0, 0.05) is 5.56 Å². The standard InChI is InChI=1S/C27H22N4O3S/c1-18-7-5-6-10-23(18)34-16-15-33-21-13-11-19(12-14-21)17-22-24(28)31-27(29-25(22)32)35-26(30-31)20-8-3-2-4-9-20/h2-14,17,28H,15-16H2,1H3/b22-17+,28-24?. The van der Waals surface area contributed by atoms with Crippen LogP contribution >= 0.6 is 11.8 Å². The average molecular weight is 483 g/mol. The van der Waals surface area contributed by atoms with Crippen molar-refractivity contribution in [2.24, 2.45) is 10.1 Å². The third-order valence-electron chi connectivity index (χ3n) is 5.37. The molecule has 7 nitrogen and oxygen atoms in total. The van der Waals surface area contributed by atoms with Gasteiger partial charge in [-0.15, -0.1) is 0 Å². The number of para-hydroxylation sites is 1. The van der Waals surface area contributed by atoms with Gasteiger partial charge in [0.25, 0.3) is 5.91 Å². The van der Waals surface area contributed by atoms with Crippen molar-refractivity contribution in [1.29, 1.82) is 5.41 Å². The summed E-state index contributed by atoms with van der Waals surface area (Å²) < 4.78 is 11.5. The van der Waals surface area contributed by atoms with Gasteiger partial charge in [0.15, 0.2) is 5.84 Å². The first-order valence-corrected chi connectivity index (χ1v) is 11.9. The van der Waals surface area contributed by atoms with Gasteiger partial charge in [-0.2, -0.15) is 15.1 Å². The number of carbonyl (C=O) groups excluding carboxylic acids is 1. The molecule has 2 heterocycles. The number of benzene rings is 3. The fourth-order valence-corrected chi connectivity index (χ4v) is 4.44. The third-order valence-corrected chi connectivity index (χ3v) is 6.33. The first-order chi connectivity index (χ1) is 17.1. The van der Waals surface area contributed by atoms with E-state index in [2.05, 4.69) is 10.1 Å². The number of nitrogens with zero attached hydrogens (tertiary/aromatic N) is 3. The fourth-order valence-electron chi connectivity index (χ4n) is 3.55. The Bertz CT molecular complexity index is 1360. The van der Waals surface area contributed by atoms with E-state index in [1.807, 2.05) is 85.8 Å². The number of nitrogens with one attached hydrogen (secondary N) is 1. The van der Waals surface area contributed by atoms with Crippen LogP contribution in [0.1, 0.15) is 16.7 Å². The fraction of sp³-hybridized carbons (Fsp3) is 0.111. The summed E-state index contributed by atoms with van der Waals surface area (Å²) in [6, 6.07) is 24.8. The molecule has 3 aromatic rings. The number of hydrogen-bond acceptors (Lipinski definition) is 6. The first kappa shape index (κ1) is 22.6. The van der Waals surface area contributed by atoms with Crippen LogP contribution in [0.25, 0.3) is 6.08 Å². The van der Waals surface area contributed by atoms with Crippen molar-refractivity contribution < 1.29 is 14.3 Å². The van der Waals surface area contributed by atoms with Gasteiger partial charge in [-0.1, -0.05) is 60.7 Å². The predicted molar refractivity (Wildman–Crippen MR) is 139 cm³/mol. The number of thioether (sulfide) groups is 1. The maximum absolute atomic E-state index is 12.7. The zero-order valence-electron chi connectivity index (χ0n) is 19.0. The Morgan fingerprint density at radius 1 is 0.943 bits per heavy atom. The van der Waals surface area contributed by atoms with Crippen molar-refractivity contribution >= 4 is 39.8 Å². The molecule has 0 unspecified atom stereocenters. The molecular weight excluding hydrogens is 460 g/mol. The highest BCUT2D eigenvalue weighted by molar-refractivity contribution is 8.27. The van der Waals surface area contributed by atoms with Gasteiger partial charge in [-0.3, -0.25) is 10.2 Å². The lowest BCUT2D eigenvalue weighted by atomic mass is 10.1. The number of aryl methyl sites for hydroxylation is 1. The SMILES string of the molecule is Cc1ccccc1OCCOc1ccc(/C=C2\C(=N)N3N=C(c4ccccc4)SC3=NC2=O)cc1. The van der Waals surface area contributed by atoms with E-state index in [0.717, 1.165) is 22.4 Å². The summed E-state index contributed by atoms with van der Waals surface area (Å²) >= 11 is 1.28. The molecular formula is C27H22N4O3S. The van der Waals surface area contributed by atoms with Crippen molar-refractivity contribution in [3.63, 3.8) is 0 Å². The van der Waals surface area contributed by atoms with Crippen LogP contribution in [0, 0.1) is 12.3 Å². The van der Waals surface area contributed by atoms with Crippen LogP contribution in [-0.2, 0) is 4.79 Å². The van der Waals surface area contributed by atoms with Gasteiger partial charge in [-0.25, -0.2) is 0 Å². The smallest absolute Gasteiger partial charge is 0.283 e. The second kappa shape index (κ2) is 9.99. The number of amidine groups is 2. The highest BCUT2D eigenvalue weighted by Crippen LogP contribution is 2.31. The number of carbonyl (C=O) groups is 1. The molecule has 0 bridgehead atoms. The number of amides is 1. The topological polar surface area (TPSA) is 87.3 Å². The van der Waals surface area contributed by atoms with Crippen LogP contribution in [0.4, 0.5) is 0 Å². The van der Waals surface area contributed by atoms with E-state index in [-0.39, 0.29) is 11.4 Å². The van der Waals surface area contributed by atoms with Crippen LogP contribution < -0.4 is 9.47 Å². The van der Waals surface area contributed by atoms with E-state index < -0.39 is 5.91 Å². The van der Waals surface area contributed by atoms with Gasteiger partial charge < -0.3 is 9.47 Å². The molecule has 5 rings (SSSR count). The molecule has 0 saturated heterocycles. The molecule has 0 fully saturated rings. The molecule has 8 heteroatoms. The molecule has 174 valence electrons. The largest absolute Gasteiger partial charge is 0.490 e. The highest BCUT2D eigenvalue weighted by Gasteiger charge is 2.35. The molecule has 0 atom stereocenters. The van der Waals surface area contributed by atoms with E-state index in [1.54, 1.807) is 6.08 Å². The Hall–Kier alpha value is -4.17. The van der Waals surface area contributed by atoms with Crippen molar-refractivity contribution in [2.45, 2.75) is 6.92 Å². The maximum atomic E-state index is 12.7. The van der Waals surface area contributed by atoms with E-state index >= 15 is 0 Å². The molecule has 0 aromatic heterocycles. The Kier molecular flexibility index (Phi) is 6.45. The van der Waals surface area contributed by atoms with Crippen LogP contribution in [-0.4, -0.2) is 40.2 Å². The minimum absolute atomic E-state index is 0.00659. The lowest BCUT2D eigenvalue weighted by Gasteiger charge is -2.20. The van der Waals surface area contributed by atoms with E-state index in [0.29, 0.717) is 29.2 Å². The molecule has 2 aliphatic heterocycles. The summed E-state index contributed by atoms with van der Waals surface area (Å²) in [5.41, 5.74) is 2.95. The van der Waals surface area contributed by atoms with Crippen LogP contribution in [0.15, 0.2) is 94.5 Å².